The van der Waals surface area contributed by atoms with Gasteiger partial charge in [-0.05, 0) is 68.0 Å². The summed E-state index contributed by atoms with van der Waals surface area (Å²) in [6, 6.07) is 13.2. The third-order valence-corrected chi connectivity index (χ3v) is 7.25. The first-order valence-electron chi connectivity index (χ1n) is 12.0. The maximum Gasteiger partial charge on any atom is 0.337 e. The molecular weight excluding hydrogens is 466 g/mol. The van der Waals surface area contributed by atoms with E-state index >= 15 is 0 Å². The molecule has 3 aliphatic rings. The number of carbonyl (C=O) groups excluding carboxylic acids is 2. The molecule has 0 radical (unpaired) electrons. The van der Waals surface area contributed by atoms with Gasteiger partial charge in [0.1, 0.15) is 0 Å². The molecule has 182 valence electrons. The predicted octanol–water partition coefficient (Wildman–Crippen LogP) is 5.77. The van der Waals surface area contributed by atoms with Crippen molar-refractivity contribution in [1.82, 2.24) is 5.32 Å². The molecule has 1 aliphatic carbocycles. The fourth-order valence-electron chi connectivity index (χ4n) is 5.04. The van der Waals surface area contributed by atoms with Crippen molar-refractivity contribution in [2.45, 2.75) is 58.0 Å². The van der Waals surface area contributed by atoms with Crippen LogP contribution in [-0.2, 0) is 14.3 Å². The molecule has 2 heterocycles. The molecule has 0 spiro atoms. The van der Waals surface area contributed by atoms with Crippen molar-refractivity contribution in [1.29, 1.82) is 0 Å². The number of nitrogens with one attached hydrogen (secondary N) is 1. The number of Topliss-reactive ketones (excluding diaryl/α,β-unsaturated/α-hetero) is 1. The number of fused-ring (bicyclic) bond motifs is 1. The topological polar surface area (TPSA) is 73.9 Å². The van der Waals surface area contributed by atoms with Crippen molar-refractivity contribution < 1.29 is 23.8 Å². The van der Waals surface area contributed by atoms with Gasteiger partial charge >= 0.3 is 5.97 Å². The second kappa shape index (κ2) is 9.42. The maximum atomic E-state index is 13.7. The Hall–Kier alpha value is -3.25. The average Bonchev–Trinajstić information content (AvgIpc) is 3.31. The number of carbonyl (C=O) groups is 2. The molecule has 2 aliphatic heterocycles. The highest BCUT2D eigenvalue weighted by Gasteiger charge is 2.42. The van der Waals surface area contributed by atoms with Crippen LogP contribution in [0.25, 0.3) is 0 Å². The minimum atomic E-state index is -0.545. The Morgan fingerprint density at radius 3 is 2.57 bits per heavy atom. The van der Waals surface area contributed by atoms with Crippen LogP contribution in [0.3, 0.4) is 0 Å². The molecule has 0 fully saturated rings. The van der Waals surface area contributed by atoms with Crippen molar-refractivity contribution >= 4 is 23.4 Å². The predicted molar refractivity (Wildman–Crippen MR) is 132 cm³/mol. The van der Waals surface area contributed by atoms with E-state index in [0.29, 0.717) is 52.6 Å². The first-order chi connectivity index (χ1) is 16.9. The van der Waals surface area contributed by atoms with E-state index in [2.05, 4.69) is 5.32 Å². The lowest BCUT2D eigenvalue weighted by Crippen LogP contribution is -2.36. The SMILES string of the molecule is CC[C@@H](C)OC(=O)C1=C(C)NC2=C(C(=O)C[C@H](c3ccc(Cl)cc3)C2)[C@@H]1c1ccc2c(c1)OCO2. The number of benzene rings is 2. The number of hydrogen-bond acceptors (Lipinski definition) is 6. The number of esters is 1. The average molecular weight is 494 g/mol. The lowest BCUT2D eigenvalue weighted by molar-refractivity contribution is -0.144. The van der Waals surface area contributed by atoms with Gasteiger partial charge in [-0.2, -0.15) is 0 Å². The van der Waals surface area contributed by atoms with E-state index < -0.39 is 11.9 Å². The minimum absolute atomic E-state index is 0.0164. The highest BCUT2D eigenvalue weighted by atomic mass is 35.5. The zero-order chi connectivity index (χ0) is 24.7. The van der Waals surface area contributed by atoms with Crippen LogP contribution in [0.2, 0.25) is 5.02 Å². The van der Waals surface area contributed by atoms with Crippen LogP contribution in [-0.4, -0.2) is 24.6 Å². The Morgan fingerprint density at radius 1 is 1.11 bits per heavy atom. The van der Waals surface area contributed by atoms with Crippen LogP contribution in [0.1, 0.15) is 63.0 Å². The normalized spacial score (nSPS) is 22.0. The molecule has 7 heteroatoms. The summed E-state index contributed by atoms with van der Waals surface area (Å²) in [5.74, 6) is 0.353. The Bertz CT molecular complexity index is 1250. The summed E-state index contributed by atoms with van der Waals surface area (Å²) in [4.78, 5) is 27.1. The van der Waals surface area contributed by atoms with Gasteiger partial charge < -0.3 is 19.5 Å². The molecule has 2 aromatic carbocycles. The van der Waals surface area contributed by atoms with Crippen molar-refractivity contribution in [2.24, 2.45) is 0 Å². The van der Waals surface area contributed by atoms with Crippen LogP contribution < -0.4 is 14.8 Å². The Kier molecular flexibility index (Phi) is 6.32. The zero-order valence-corrected chi connectivity index (χ0v) is 20.8. The summed E-state index contributed by atoms with van der Waals surface area (Å²) in [5, 5.41) is 4.05. The molecule has 2 aromatic rings. The van der Waals surface area contributed by atoms with Gasteiger partial charge in [-0.1, -0.05) is 36.7 Å². The van der Waals surface area contributed by atoms with Gasteiger partial charge in [0.05, 0.1) is 11.7 Å². The minimum Gasteiger partial charge on any atom is -0.459 e. The van der Waals surface area contributed by atoms with E-state index in [0.717, 1.165) is 16.8 Å². The van der Waals surface area contributed by atoms with Crippen LogP contribution in [0, 0.1) is 0 Å². The first kappa shape index (κ1) is 23.5. The molecule has 0 bridgehead atoms. The van der Waals surface area contributed by atoms with Crippen LogP contribution in [0.5, 0.6) is 11.5 Å². The molecular formula is C28H28ClNO5. The number of ketones is 1. The standard InChI is InChI=1S/C28H28ClNO5/c1-4-15(2)35-28(32)25-16(3)30-21-11-19(17-5-8-20(29)9-6-17)12-22(31)27(21)26(25)18-7-10-23-24(13-18)34-14-33-23/h5-10,13,15,19,26,30H,4,11-12,14H2,1-3H3/t15-,19-,26-/m1/s1. The highest BCUT2D eigenvalue weighted by molar-refractivity contribution is 6.30. The van der Waals surface area contributed by atoms with E-state index in [-0.39, 0.29) is 24.6 Å². The monoisotopic (exact) mass is 493 g/mol. The number of ether oxygens (including phenoxy) is 3. The molecule has 0 saturated carbocycles. The Labute approximate surface area is 209 Å². The summed E-state index contributed by atoms with van der Waals surface area (Å²) < 4.78 is 16.8. The largest absolute Gasteiger partial charge is 0.459 e. The molecule has 0 aromatic heterocycles. The van der Waals surface area contributed by atoms with E-state index in [1.165, 1.54) is 0 Å². The number of dihydropyridines is 1. The zero-order valence-electron chi connectivity index (χ0n) is 20.0. The van der Waals surface area contributed by atoms with Gasteiger partial charge in [-0.3, -0.25) is 4.79 Å². The van der Waals surface area contributed by atoms with Gasteiger partial charge in [-0.25, -0.2) is 4.79 Å². The summed E-state index contributed by atoms with van der Waals surface area (Å²) in [7, 11) is 0. The first-order valence-corrected chi connectivity index (χ1v) is 12.3. The van der Waals surface area contributed by atoms with Gasteiger partial charge in [0.2, 0.25) is 6.79 Å². The number of hydrogen-bond donors (Lipinski definition) is 1. The van der Waals surface area contributed by atoms with Gasteiger partial charge in [0, 0.05) is 34.3 Å². The molecule has 0 amide bonds. The molecule has 0 saturated heterocycles. The molecule has 1 N–H and O–H groups in total. The third kappa shape index (κ3) is 4.43. The summed E-state index contributed by atoms with van der Waals surface area (Å²) >= 11 is 6.07. The van der Waals surface area contributed by atoms with Crippen molar-refractivity contribution in [3.63, 3.8) is 0 Å². The summed E-state index contributed by atoms with van der Waals surface area (Å²) in [6.07, 6.45) is 1.49. The lowest BCUT2D eigenvalue weighted by atomic mass is 9.71. The van der Waals surface area contributed by atoms with Crippen molar-refractivity contribution in [3.8, 4) is 11.5 Å². The van der Waals surface area contributed by atoms with Crippen LogP contribution >= 0.6 is 11.6 Å². The van der Waals surface area contributed by atoms with Crippen LogP contribution in [0.15, 0.2) is 65.0 Å². The Balaban J connectivity index is 1.58. The fourth-order valence-corrected chi connectivity index (χ4v) is 5.16. The maximum absolute atomic E-state index is 13.7. The van der Waals surface area contributed by atoms with E-state index in [1.54, 1.807) is 0 Å². The lowest BCUT2D eigenvalue weighted by Gasteiger charge is -2.37. The van der Waals surface area contributed by atoms with E-state index in [9.17, 15) is 9.59 Å². The number of rotatable bonds is 5. The van der Waals surface area contributed by atoms with E-state index in [1.807, 2.05) is 63.2 Å². The van der Waals surface area contributed by atoms with Crippen molar-refractivity contribution in [3.05, 3.63) is 81.2 Å². The summed E-state index contributed by atoms with van der Waals surface area (Å²) in [6.45, 7) is 5.86. The molecule has 0 unspecified atom stereocenters. The highest BCUT2D eigenvalue weighted by Crippen LogP contribution is 2.47. The summed E-state index contributed by atoms with van der Waals surface area (Å²) in [5.41, 5.74) is 4.50. The van der Waals surface area contributed by atoms with Gasteiger partial charge in [0.25, 0.3) is 0 Å². The quantitative estimate of drug-likeness (QED) is 0.533. The third-order valence-electron chi connectivity index (χ3n) is 7.00. The number of allylic oxidation sites excluding steroid dienone is 3. The molecule has 6 nitrogen and oxygen atoms in total. The second-order valence-corrected chi connectivity index (χ2v) is 9.74. The molecule has 5 rings (SSSR count). The van der Waals surface area contributed by atoms with E-state index in [4.69, 9.17) is 25.8 Å². The molecule has 3 atom stereocenters. The molecule has 35 heavy (non-hydrogen) atoms. The Morgan fingerprint density at radius 2 is 1.83 bits per heavy atom. The van der Waals surface area contributed by atoms with Gasteiger partial charge in [-0.15, -0.1) is 0 Å². The second-order valence-electron chi connectivity index (χ2n) is 9.31. The fraction of sp³-hybridized carbons (Fsp3) is 0.357. The van der Waals surface area contributed by atoms with Gasteiger partial charge in [0.15, 0.2) is 17.3 Å². The van der Waals surface area contributed by atoms with Crippen molar-refractivity contribution in [2.75, 3.05) is 6.79 Å². The smallest absolute Gasteiger partial charge is 0.337 e. The van der Waals surface area contributed by atoms with Crippen LogP contribution in [0.4, 0.5) is 0 Å². The number of halogens is 1.